The first kappa shape index (κ1) is 27.7. The smallest absolute Gasteiger partial charge is 0.0129 e. The number of benzene rings is 2. The van der Waals surface area contributed by atoms with E-state index in [9.17, 15) is 0 Å². The van der Waals surface area contributed by atoms with Crippen LogP contribution in [0.5, 0.6) is 0 Å². The molecule has 0 saturated heterocycles. The summed E-state index contributed by atoms with van der Waals surface area (Å²) < 4.78 is 0. The molecule has 0 heterocycles. The summed E-state index contributed by atoms with van der Waals surface area (Å²) in [5, 5.41) is 0. The van der Waals surface area contributed by atoms with Crippen LogP contribution in [0.3, 0.4) is 0 Å². The van der Waals surface area contributed by atoms with Crippen LogP contribution in [0.25, 0.3) is 0 Å². The molecule has 0 fully saturated rings. The molecule has 0 aliphatic rings. The summed E-state index contributed by atoms with van der Waals surface area (Å²) in [6.45, 7) is 33.3. The van der Waals surface area contributed by atoms with Gasteiger partial charge in [0.15, 0.2) is 0 Å². The summed E-state index contributed by atoms with van der Waals surface area (Å²) in [6.07, 6.45) is 2.18. The molecule has 0 bridgehead atoms. The second-order valence-corrected chi connectivity index (χ2v) is 15.2. The fourth-order valence-electron chi connectivity index (χ4n) is 5.38. The van der Waals surface area contributed by atoms with E-state index in [4.69, 9.17) is 0 Å². The third-order valence-corrected chi connectivity index (χ3v) is 6.89. The Morgan fingerprint density at radius 1 is 0.394 bits per heavy atom. The zero-order chi connectivity index (χ0) is 25.6. The van der Waals surface area contributed by atoms with Crippen molar-refractivity contribution in [1.82, 2.24) is 0 Å². The maximum Gasteiger partial charge on any atom is -0.0129 e. The maximum absolute atomic E-state index is 2.48. The van der Waals surface area contributed by atoms with Gasteiger partial charge >= 0.3 is 0 Å². The summed E-state index contributed by atoms with van der Waals surface area (Å²) in [5.74, 6) is 0. The standard InChI is InChI=1S/C33H52/c1-29(2,3)25-17-15-18-26(30(4,5)6)23(25)21-33(13,14)22-24-27(31(7,8)9)19-16-20-28(24)32(10,11)12/h15-20H,21-22H2,1-14H3. The highest BCUT2D eigenvalue weighted by atomic mass is 14.4. The maximum atomic E-state index is 2.48. The van der Waals surface area contributed by atoms with Crippen LogP contribution in [-0.2, 0) is 34.5 Å². The lowest BCUT2D eigenvalue weighted by atomic mass is 9.68. The summed E-state index contributed by atoms with van der Waals surface area (Å²) in [7, 11) is 0. The van der Waals surface area contributed by atoms with Crippen LogP contribution < -0.4 is 0 Å². The third kappa shape index (κ3) is 6.74. The summed E-state index contributed by atoms with van der Waals surface area (Å²) >= 11 is 0. The molecule has 2 aromatic rings. The second kappa shape index (κ2) is 8.90. The van der Waals surface area contributed by atoms with E-state index in [0.717, 1.165) is 12.8 Å². The average molecular weight is 449 g/mol. The Hall–Kier alpha value is -1.56. The molecule has 0 aliphatic carbocycles. The molecule has 2 aromatic carbocycles. The Bertz CT molecular complexity index is 813. The van der Waals surface area contributed by atoms with Crippen molar-refractivity contribution < 1.29 is 0 Å². The van der Waals surface area contributed by atoms with Crippen molar-refractivity contribution in [3.63, 3.8) is 0 Å². The molecule has 0 spiro atoms. The topological polar surface area (TPSA) is 0 Å². The lowest BCUT2D eigenvalue weighted by molar-refractivity contribution is 0.347. The molecule has 0 radical (unpaired) electrons. The first-order chi connectivity index (χ1) is 14.6. The van der Waals surface area contributed by atoms with Crippen molar-refractivity contribution >= 4 is 0 Å². The Morgan fingerprint density at radius 2 is 0.606 bits per heavy atom. The van der Waals surface area contributed by atoms with E-state index >= 15 is 0 Å². The van der Waals surface area contributed by atoms with Crippen LogP contribution in [0.1, 0.15) is 130 Å². The van der Waals surface area contributed by atoms with Crippen LogP contribution in [0.15, 0.2) is 36.4 Å². The molecule has 0 saturated carbocycles. The van der Waals surface area contributed by atoms with Crippen LogP contribution in [0.4, 0.5) is 0 Å². The minimum absolute atomic E-state index is 0.132. The average Bonchev–Trinajstić information content (AvgIpc) is 2.57. The number of hydrogen-bond acceptors (Lipinski definition) is 0. The third-order valence-electron chi connectivity index (χ3n) is 6.89. The van der Waals surface area contributed by atoms with Crippen molar-refractivity contribution in [2.24, 2.45) is 5.41 Å². The van der Waals surface area contributed by atoms with E-state index in [0.29, 0.717) is 0 Å². The molecule has 0 N–H and O–H groups in total. The second-order valence-electron chi connectivity index (χ2n) is 15.2. The number of hydrogen-bond donors (Lipinski definition) is 0. The lowest BCUT2D eigenvalue weighted by Crippen LogP contribution is -2.29. The Morgan fingerprint density at radius 3 is 0.788 bits per heavy atom. The van der Waals surface area contributed by atoms with Crippen LogP contribution >= 0.6 is 0 Å². The van der Waals surface area contributed by atoms with E-state index in [-0.39, 0.29) is 27.1 Å². The predicted octanol–water partition coefficient (Wildman–Crippen LogP) is 9.69. The zero-order valence-corrected chi connectivity index (χ0v) is 24.4. The van der Waals surface area contributed by atoms with E-state index in [1.54, 1.807) is 11.1 Å². The highest BCUT2D eigenvalue weighted by Crippen LogP contribution is 2.42. The molecule has 33 heavy (non-hydrogen) atoms. The van der Waals surface area contributed by atoms with Crippen LogP contribution in [-0.4, -0.2) is 0 Å². The quantitative estimate of drug-likeness (QED) is 0.436. The van der Waals surface area contributed by atoms with Gasteiger partial charge in [-0.2, -0.15) is 0 Å². The van der Waals surface area contributed by atoms with Crippen LogP contribution in [0.2, 0.25) is 0 Å². The van der Waals surface area contributed by atoms with Crippen molar-refractivity contribution in [2.75, 3.05) is 0 Å². The fourth-order valence-corrected chi connectivity index (χ4v) is 5.38. The van der Waals surface area contributed by atoms with Crippen molar-refractivity contribution in [3.05, 3.63) is 69.8 Å². The molecule has 0 unspecified atom stereocenters. The van der Waals surface area contributed by atoms with Gasteiger partial charge in [0, 0.05) is 0 Å². The zero-order valence-electron chi connectivity index (χ0n) is 24.4. The minimum Gasteiger partial charge on any atom is -0.0617 e. The molecule has 0 heteroatoms. The highest BCUT2D eigenvalue weighted by molar-refractivity contribution is 5.46. The van der Waals surface area contributed by atoms with Crippen molar-refractivity contribution in [2.45, 2.75) is 131 Å². The molecule has 0 atom stereocenters. The Balaban J connectivity index is 2.67. The number of rotatable bonds is 4. The van der Waals surface area contributed by atoms with Gasteiger partial charge in [0.2, 0.25) is 0 Å². The molecule has 0 aromatic heterocycles. The Kier molecular flexibility index (Phi) is 7.47. The van der Waals surface area contributed by atoms with Gasteiger partial charge in [-0.05, 0) is 73.3 Å². The lowest BCUT2D eigenvalue weighted by Gasteiger charge is -2.37. The van der Waals surface area contributed by atoms with Gasteiger partial charge in [-0.1, -0.05) is 133 Å². The van der Waals surface area contributed by atoms with Gasteiger partial charge in [0.05, 0.1) is 0 Å². The van der Waals surface area contributed by atoms with E-state index in [1.807, 2.05) is 0 Å². The molecule has 0 nitrogen and oxygen atoms in total. The first-order valence-electron chi connectivity index (χ1n) is 12.9. The molecule has 0 amide bonds. The van der Waals surface area contributed by atoms with E-state index in [1.165, 1.54) is 22.3 Å². The monoisotopic (exact) mass is 448 g/mol. The molecular weight excluding hydrogens is 396 g/mol. The van der Waals surface area contributed by atoms with Gasteiger partial charge in [-0.25, -0.2) is 0 Å². The molecular formula is C33H52. The van der Waals surface area contributed by atoms with E-state index < -0.39 is 0 Å². The first-order valence-corrected chi connectivity index (χ1v) is 12.9. The normalized spacial score (nSPS) is 14.0. The van der Waals surface area contributed by atoms with Gasteiger partial charge in [0.1, 0.15) is 0 Å². The van der Waals surface area contributed by atoms with E-state index in [2.05, 4.69) is 133 Å². The minimum atomic E-state index is 0.132. The highest BCUT2D eigenvalue weighted by Gasteiger charge is 2.33. The SMILES string of the molecule is CC(C)(Cc1c(C(C)(C)C)cccc1C(C)(C)C)Cc1c(C(C)(C)C)cccc1C(C)(C)C. The largest absolute Gasteiger partial charge is 0.0617 e. The fraction of sp³-hybridized carbons (Fsp3) is 0.636. The van der Waals surface area contributed by atoms with Crippen LogP contribution in [0, 0.1) is 5.41 Å². The summed E-state index contributed by atoms with van der Waals surface area (Å²) in [6, 6.07) is 14.0. The molecule has 0 aliphatic heterocycles. The van der Waals surface area contributed by atoms with Gasteiger partial charge in [-0.15, -0.1) is 0 Å². The Labute approximate surface area is 206 Å². The predicted molar refractivity (Wildman–Crippen MR) is 149 cm³/mol. The van der Waals surface area contributed by atoms with Gasteiger partial charge in [0.25, 0.3) is 0 Å². The van der Waals surface area contributed by atoms with Crippen molar-refractivity contribution in [1.29, 1.82) is 0 Å². The van der Waals surface area contributed by atoms with Gasteiger partial charge in [-0.3, -0.25) is 0 Å². The van der Waals surface area contributed by atoms with Gasteiger partial charge < -0.3 is 0 Å². The van der Waals surface area contributed by atoms with Crippen molar-refractivity contribution in [3.8, 4) is 0 Å². The summed E-state index contributed by atoms with van der Waals surface area (Å²) in [4.78, 5) is 0. The molecule has 184 valence electrons. The summed E-state index contributed by atoms with van der Waals surface area (Å²) in [5.41, 5.74) is 9.81. The molecule has 2 rings (SSSR count).